The minimum Gasteiger partial charge on any atom is -0.351 e. The zero-order valence-corrected chi connectivity index (χ0v) is 15.2. The van der Waals surface area contributed by atoms with Gasteiger partial charge in [-0.1, -0.05) is 0 Å². The molecule has 2 aliphatic rings. The van der Waals surface area contributed by atoms with E-state index in [1.54, 1.807) is 0 Å². The van der Waals surface area contributed by atoms with Crippen LogP contribution in [0.5, 0.6) is 0 Å². The van der Waals surface area contributed by atoms with Crippen LogP contribution in [0.3, 0.4) is 0 Å². The van der Waals surface area contributed by atoms with E-state index in [2.05, 4.69) is 36.5 Å². The molecule has 2 fully saturated rings. The molecule has 2 heterocycles. The SMILES string of the molecule is CC(C)(C)n1nc(C(=O)NCCC2CCNC2)cc1C1CC1.Cl. The van der Waals surface area contributed by atoms with Crippen molar-refractivity contribution in [1.82, 2.24) is 20.4 Å². The maximum atomic E-state index is 12.4. The summed E-state index contributed by atoms with van der Waals surface area (Å²) in [4.78, 5) is 12.4. The van der Waals surface area contributed by atoms with Gasteiger partial charge in [-0.2, -0.15) is 5.10 Å². The third-order valence-electron chi connectivity index (χ3n) is 4.60. The first-order valence-electron chi connectivity index (χ1n) is 8.54. The molecule has 2 N–H and O–H groups in total. The van der Waals surface area contributed by atoms with Crippen molar-refractivity contribution in [2.45, 2.75) is 57.9 Å². The van der Waals surface area contributed by atoms with E-state index in [-0.39, 0.29) is 23.9 Å². The molecule has 23 heavy (non-hydrogen) atoms. The highest BCUT2D eigenvalue weighted by atomic mass is 35.5. The van der Waals surface area contributed by atoms with Crippen LogP contribution in [-0.2, 0) is 5.54 Å². The maximum Gasteiger partial charge on any atom is 0.271 e. The number of aromatic nitrogens is 2. The smallest absolute Gasteiger partial charge is 0.271 e. The number of hydrogen-bond donors (Lipinski definition) is 2. The van der Waals surface area contributed by atoms with Crippen LogP contribution in [0.2, 0.25) is 0 Å². The van der Waals surface area contributed by atoms with Crippen LogP contribution < -0.4 is 10.6 Å². The molecule has 1 saturated heterocycles. The number of nitrogens with one attached hydrogen (secondary N) is 2. The van der Waals surface area contributed by atoms with Crippen molar-refractivity contribution in [1.29, 1.82) is 0 Å². The van der Waals surface area contributed by atoms with Gasteiger partial charge in [0, 0.05) is 18.2 Å². The van der Waals surface area contributed by atoms with Crippen molar-refractivity contribution >= 4 is 18.3 Å². The van der Waals surface area contributed by atoms with Crippen LogP contribution in [0.1, 0.15) is 68.6 Å². The fraction of sp³-hybridized carbons (Fsp3) is 0.765. The van der Waals surface area contributed by atoms with E-state index in [4.69, 9.17) is 0 Å². The lowest BCUT2D eigenvalue weighted by molar-refractivity contribution is 0.0945. The van der Waals surface area contributed by atoms with E-state index in [1.807, 2.05) is 10.7 Å². The highest BCUT2D eigenvalue weighted by Crippen LogP contribution is 2.41. The summed E-state index contributed by atoms with van der Waals surface area (Å²) >= 11 is 0. The van der Waals surface area contributed by atoms with E-state index in [0.29, 0.717) is 17.5 Å². The number of carbonyl (C=O) groups excluding carboxylic acids is 1. The predicted molar refractivity (Wildman–Crippen MR) is 94.4 cm³/mol. The number of rotatable bonds is 5. The fourth-order valence-electron chi connectivity index (χ4n) is 3.15. The van der Waals surface area contributed by atoms with Crippen LogP contribution in [0.4, 0.5) is 0 Å². The first-order valence-corrected chi connectivity index (χ1v) is 8.54. The molecule has 0 spiro atoms. The molecule has 1 unspecified atom stereocenters. The van der Waals surface area contributed by atoms with Crippen LogP contribution in [0.25, 0.3) is 0 Å². The zero-order valence-electron chi connectivity index (χ0n) is 14.4. The summed E-state index contributed by atoms with van der Waals surface area (Å²) in [5.74, 6) is 1.27. The first kappa shape index (κ1) is 18.3. The summed E-state index contributed by atoms with van der Waals surface area (Å²) in [6, 6.07) is 2.00. The Balaban J connectivity index is 0.00000192. The minimum absolute atomic E-state index is 0. The topological polar surface area (TPSA) is 59.0 Å². The Bertz CT molecular complexity index is 539. The molecular weight excluding hydrogens is 312 g/mol. The summed E-state index contributed by atoms with van der Waals surface area (Å²) in [6.07, 6.45) is 4.71. The number of nitrogens with zero attached hydrogens (tertiary/aromatic N) is 2. The Morgan fingerprint density at radius 1 is 1.39 bits per heavy atom. The molecule has 1 aromatic rings. The molecule has 0 radical (unpaired) electrons. The van der Waals surface area contributed by atoms with Gasteiger partial charge in [-0.3, -0.25) is 9.48 Å². The normalized spacial score (nSPS) is 21.1. The molecule has 6 heteroatoms. The van der Waals surface area contributed by atoms with Gasteiger partial charge in [0.1, 0.15) is 5.69 Å². The van der Waals surface area contributed by atoms with Crippen molar-refractivity contribution in [3.05, 3.63) is 17.5 Å². The average molecular weight is 341 g/mol. The molecule has 1 saturated carbocycles. The fourth-order valence-corrected chi connectivity index (χ4v) is 3.15. The zero-order chi connectivity index (χ0) is 15.7. The third kappa shape index (κ3) is 4.48. The highest BCUT2D eigenvalue weighted by molar-refractivity contribution is 5.92. The summed E-state index contributed by atoms with van der Waals surface area (Å²) in [7, 11) is 0. The van der Waals surface area contributed by atoms with Crippen LogP contribution in [-0.4, -0.2) is 35.3 Å². The molecule has 1 amide bonds. The summed E-state index contributed by atoms with van der Waals surface area (Å²) in [5.41, 5.74) is 1.71. The predicted octanol–water partition coefficient (Wildman–Crippen LogP) is 2.67. The van der Waals surface area contributed by atoms with E-state index in [1.165, 1.54) is 25.0 Å². The molecule has 0 bridgehead atoms. The average Bonchev–Trinajstić information content (AvgIpc) is 2.99. The first-order chi connectivity index (χ1) is 10.4. The van der Waals surface area contributed by atoms with Crippen LogP contribution in [0, 0.1) is 5.92 Å². The molecule has 1 aromatic heterocycles. The van der Waals surface area contributed by atoms with E-state index >= 15 is 0 Å². The molecular formula is C17H29ClN4O. The van der Waals surface area contributed by atoms with Gasteiger partial charge in [-0.25, -0.2) is 0 Å². The Morgan fingerprint density at radius 2 is 2.13 bits per heavy atom. The summed E-state index contributed by atoms with van der Waals surface area (Å²) in [5, 5.41) is 11.0. The lowest BCUT2D eigenvalue weighted by Gasteiger charge is -2.22. The van der Waals surface area contributed by atoms with Crippen molar-refractivity contribution in [2.75, 3.05) is 19.6 Å². The van der Waals surface area contributed by atoms with E-state index in [9.17, 15) is 4.79 Å². The van der Waals surface area contributed by atoms with Crippen molar-refractivity contribution < 1.29 is 4.79 Å². The van der Waals surface area contributed by atoms with Gasteiger partial charge in [-0.05, 0) is 71.5 Å². The van der Waals surface area contributed by atoms with Gasteiger partial charge in [0.2, 0.25) is 0 Å². The van der Waals surface area contributed by atoms with Gasteiger partial charge in [0.15, 0.2) is 0 Å². The molecule has 0 aromatic carbocycles. The maximum absolute atomic E-state index is 12.4. The second-order valence-corrected chi connectivity index (χ2v) is 7.71. The lowest BCUT2D eigenvalue weighted by atomic mass is 10.1. The standard InChI is InChI=1S/C17H28N4O.ClH/c1-17(2,3)21-15(13-4-5-13)10-14(20-21)16(22)19-9-7-12-6-8-18-11-12;/h10,12-13,18H,4-9,11H2,1-3H3,(H,19,22);1H. The molecule has 5 nitrogen and oxygen atoms in total. The monoisotopic (exact) mass is 340 g/mol. The van der Waals surface area contributed by atoms with Crippen molar-refractivity contribution in [3.63, 3.8) is 0 Å². The quantitative estimate of drug-likeness (QED) is 0.866. The van der Waals surface area contributed by atoms with E-state index < -0.39 is 0 Å². The van der Waals surface area contributed by atoms with Gasteiger partial charge < -0.3 is 10.6 Å². The summed E-state index contributed by atoms with van der Waals surface area (Å²) < 4.78 is 2.04. The Hall–Kier alpha value is -1.07. The number of carbonyl (C=O) groups is 1. The Kier molecular flexibility index (Phi) is 5.74. The van der Waals surface area contributed by atoms with Crippen LogP contribution in [0.15, 0.2) is 6.07 Å². The Labute approximate surface area is 145 Å². The summed E-state index contributed by atoms with van der Waals surface area (Å²) in [6.45, 7) is 9.36. The second kappa shape index (κ2) is 7.22. The minimum atomic E-state index is -0.0774. The van der Waals surface area contributed by atoms with Crippen molar-refractivity contribution in [2.24, 2.45) is 5.92 Å². The third-order valence-corrected chi connectivity index (χ3v) is 4.60. The Morgan fingerprint density at radius 3 is 2.70 bits per heavy atom. The van der Waals surface area contributed by atoms with Gasteiger partial charge in [0.05, 0.1) is 5.54 Å². The van der Waals surface area contributed by atoms with Crippen LogP contribution >= 0.6 is 12.4 Å². The van der Waals surface area contributed by atoms with Gasteiger partial charge in [0.25, 0.3) is 5.91 Å². The highest BCUT2D eigenvalue weighted by Gasteiger charge is 2.32. The largest absolute Gasteiger partial charge is 0.351 e. The molecule has 1 aliphatic carbocycles. The number of hydrogen-bond acceptors (Lipinski definition) is 3. The lowest BCUT2D eigenvalue weighted by Crippen LogP contribution is -2.28. The molecule has 130 valence electrons. The van der Waals surface area contributed by atoms with Gasteiger partial charge in [-0.15, -0.1) is 12.4 Å². The molecule has 1 aliphatic heterocycles. The van der Waals surface area contributed by atoms with Crippen molar-refractivity contribution in [3.8, 4) is 0 Å². The molecule has 3 rings (SSSR count). The second-order valence-electron chi connectivity index (χ2n) is 7.71. The van der Waals surface area contributed by atoms with Gasteiger partial charge >= 0.3 is 0 Å². The van der Waals surface area contributed by atoms with E-state index in [0.717, 1.165) is 26.1 Å². The number of halogens is 1. The molecule has 1 atom stereocenters. The number of amides is 1.